The number of aromatic nitrogens is 2. The van der Waals surface area contributed by atoms with Gasteiger partial charge in [-0.1, -0.05) is 13.8 Å². The molecule has 5 heteroatoms. The lowest BCUT2D eigenvalue weighted by molar-refractivity contribution is -0.138. The van der Waals surface area contributed by atoms with Crippen molar-refractivity contribution in [2.45, 2.75) is 45.6 Å². The van der Waals surface area contributed by atoms with Crippen molar-refractivity contribution >= 4 is 5.91 Å². The zero-order valence-electron chi connectivity index (χ0n) is 12.3. The van der Waals surface area contributed by atoms with Crippen LogP contribution in [0.3, 0.4) is 0 Å². The van der Waals surface area contributed by atoms with Crippen molar-refractivity contribution in [1.82, 2.24) is 15.1 Å². The standard InChI is InChI=1S/C15H23N3O2/c1-3-12(4-2)15(19)18-10-6-7-13(11-18)20-14-8-5-9-16-17-14/h5,8-9,12-13H,3-4,6-7,10-11H2,1-2H3. The Morgan fingerprint density at radius 2 is 2.30 bits per heavy atom. The molecule has 2 rings (SSSR count). The Labute approximate surface area is 120 Å². The molecule has 0 radical (unpaired) electrons. The predicted octanol–water partition coefficient (Wildman–Crippen LogP) is 2.28. The largest absolute Gasteiger partial charge is 0.471 e. The van der Waals surface area contributed by atoms with E-state index in [0.717, 1.165) is 32.2 Å². The highest BCUT2D eigenvalue weighted by Crippen LogP contribution is 2.19. The van der Waals surface area contributed by atoms with Gasteiger partial charge in [0.2, 0.25) is 11.8 Å². The Hall–Kier alpha value is -1.65. The molecule has 20 heavy (non-hydrogen) atoms. The summed E-state index contributed by atoms with van der Waals surface area (Å²) in [6, 6.07) is 3.60. The van der Waals surface area contributed by atoms with E-state index in [-0.39, 0.29) is 17.9 Å². The molecular formula is C15H23N3O2. The zero-order chi connectivity index (χ0) is 14.4. The molecule has 2 heterocycles. The summed E-state index contributed by atoms with van der Waals surface area (Å²) in [7, 11) is 0. The second kappa shape index (κ2) is 7.22. The first-order valence-electron chi connectivity index (χ1n) is 7.47. The maximum atomic E-state index is 12.4. The molecule has 0 saturated carbocycles. The second-order valence-corrected chi connectivity index (χ2v) is 5.24. The van der Waals surface area contributed by atoms with Crippen molar-refractivity contribution in [1.29, 1.82) is 0 Å². The minimum atomic E-state index is 0.0266. The molecule has 1 aromatic heterocycles. The molecule has 1 atom stereocenters. The molecule has 1 unspecified atom stereocenters. The number of likely N-dealkylation sites (tertiary alicyclic amines) is 1. The van der Waals surface area contributed by atoms with E-state index in [1.54, 1.807) is 18.3 Å². The Morgan fingerprint density at radius 1 is 1.50 bits per heavy atom. The predicted molar refractivity (Wildman–Crippen MR) is 76.3 cm³/mol. The number of nitrogens with zero attached hydrogens (tertiary/aromatic N) is 3. The van der Waals surface area contributed by atoms with Crippen molar-refractivity contribution in [3.05, 3.63) is 18.3 Å². The third kappa shape index (κ3) is 3.68. The van der Waals surface area contributed by atoms with E-state index >= 15 is 0 Å². The van der Waals surface area contributed by atoms with Crippen molar-refractivity contribution in [3.8, 4) is 5.88 Å². The Kier molecular flexibility index (Phi) is 5.32. The molecule has 110 valence electrons. The van der Waals surface area contributed by atoms with E-state index in [9.17, 15) is 4.79 Å². The summed E-state index contributed by atoms with van der Waals surface area (Å²) in [6.45, 7) is 5.65. The first-order chi connectivity index (χ1) is 9.74. The molecule has 1 saturated heterocycles. The van der Waals surface area contributed by atoms with E-state index in [1.165, 1.54) is 0 Å². The average Bonchev–Trinajstić information content (AvgIpc) is 2.49. The van der Waals surface area contributed by atoms with Crippen LogP contribution in [-0.2, 0) is 4.79 Å². The van der Waals surface area contributed by atoms with Gasteiger partial charge in [0.25, 0.3) is 0 Å². The van der Waals surface area contributed by atoms with Gasteiger partial charge in [-0.05, 0) is 31.7 Å². The number of piperidine rings is 1. The van der Waals surface area contributed by atoms with Gasteiger partial charge in [-0.25, -0.2) is 0 Å². The van der Waals surface area contributed by atoms with Crippen LogP contribution in [0.25, 0.3) is 0 Å². The average molecular weight is 277 g/mol. The van der Waals surface area contributed by atoms with E-state index in [0.29, 0.717) is 12.4 Å². The fourth-order valence-corrected chi connectivity index (χ4v) is 2.65. The molecule has 0 aliphatic carbocycles. The van der Waals surface area contributed by atoms with Gasteiger partial charge in [-0.2, -0.15) is 5.10 Å². The molecule has 1 aromatic rings. The third-order valence-electron chi connectivity index (χ3n) is 3.86. The van der Waals surface area contributed by atoms with Crippen LogP contribution in [0, 0.1) is 5.92 Å². The maximum Gasteiger partial charge on any atom is 0.233 e. The lowest BCUT2D eigenvalue weighted by atomic mass is 9.99. The van der Waals surface area contributed by atoms with E-state index in [1.807, 2.05) is 4.90 Å². The summed E-state index contributed by atoms with van der Waals surface area (Å²) in [5.74, 6) is 0.946. The molecule has 0 aromatic carbocycles. The van der Waals surface area contributed by atoms with Crippen molar-refractivity contribution in [2.24, 2.45) is 5.92 Å². The number of carbonyl (C=O) groups excluding carboxylic acids is 1. The molecule has 1 fully saturated rings. The topological polar surface area (TPSA) is 55.3 Å². The molecule has 1 amide bonds. The van der Waals surface area contributed by atoms with Crippen LogP contribution >= 0.6 is 0 Å². The monoisotopic (exact) mass is 277 g/mol. The van der Waals surface area contributed by atoms with Crippen LogP contribution in [0.15, 0.2) is 18.3 Å². The highest BCUT2D eigenvalue weighted by Gasteiger charge is 2.28. The van der Waals surface area contributed by atoms with Gasteiger partial charge in [-0.3, -0.25) is 4.79 Å². The fourth-order valence-electron chi connectivity index (χ4n) is 2.65. The number of ether oxygens (including phenoxy) is 1. The molecule has 1 aliphatic heterocycles. The Bertz CT molecular complexity index is 420. The first-order valence-corrected chi connectivity index (χ1v) is 7.47. The van der Waals surface area contributed by atoms with Crippen molar-refractivity contribution in [3.63, 3.8) is 0 Å². The summed E-state index contributed by atoms with van der Waals surface area (Å²) in [6.07, 6.45) is 5.40. The molecule has 0 bridgehead atoms. The van der Waals surface area contributed by atoms with Gasteiger partial charge in [-0.15, -0.1) is 5.10 Å². The molecular weight excluding hydrogens is 254 g/mol. The first kappa shape index (κ1) is 14.8. The lowest BCUT2D eigenvalue weighted by Crippen LogP contribution is -2.46. The van der Waals surface area contributed by atoms with Gasteiger partial charge >= 0.3 is 0 Å². The maximum absolute atomic E-state index is 12.4. The quantitative estimate of drug-likeness (QED) is 0.828. The minimum Gasteiger partial charge on any atom is -0.471 e. The van der Waals surface area contributed by atoms with E-state index in [2.05, 4.69) is 24.0 Å². The van der Waals surface area contributed by atoms with Crippen LogP contribution in [0.5, 0.6) is 5.88 Å². The zero-order valence-corrected chi connectivity index (χ0v) is 12.3. The van der Waals surface area contributed by atoms with Gasteiger partial charge in [0.05, 0.1) is 6.54 Å². The van der Waals surface area contributed by atoms with Crippen LogP contribution < -0.4 is 4.74 Å². The van der Waals surface area contributed by atoms with Crippen LogP contribution in [0.4, 0.5) is 0 Å². The number of carbonyl (C=O) groups is 1. The number of hydrogen-bond donors (Lipinski definition) is 0. The Balaban J connectivity index is 1.93. The smallest absolute Gasteiger partial charge is 0.233 e. The summed E-state index contributed by atoms with van der Waals surface area (Å²) < 4.78 is 5.82. The van der Waals surface area contributed by atoms with Gasteiger partial charge in [0.1, 0.15) is 6.10 Å². The molecule has 0 spiro atoms. The van der Waals surface area contributed by atoms with E-state index in [4.69, 9.17) is 4.74 Å². The summed E-state index contributed by atoms with van der Waals surface area (Å²) in [5.41, 5.74) is 0. The van der Waals surface area contributed by atoms with Gasteiger partial charge in [0, 0.05) is 24.7 Å². The van der Waals surface area contributed by atoms with Crippen LogP contribution in [0.2, 0.25) is 0 Å². The second-order valence-electron chi connectivity index (χ2n) is 5.24. The third-order valence-corrected chi connectivity index (χ3v) is 3.86. The van der Waals surface area contributed by atoms with Gasteiger partial charge in [0.15, 0.2) is 0 Å². The van der Waals surface area contributed by atoms with E-state index < -0.39 is 0 Å². The SMILES string of the molecule is CCC(CC)C(=O)N1CCCC(Oc2cccnn2)C1. The highest BCUT2D eigenvalue weighted by atomic mass is 16.5. The highest BCUT2D eigenvalue weighted by molar-refractivity contribution is 5.78. The lowest BCUT2D eigenvalue weighted by Gasteiger charge is -2.34. The van der Waals surface area contributed by atoms with Crippen LogP contribution in [-0.4, -0.2) is 40.2 Å². The summed E-state index contributed by atoms with van der Waals surface area (Å²) in [5, 5.41) is 7.74. The summed E-state index contributed by atoms with van der Waals surface area (Å²) >= 11 is 0. The Morgan fingerprint density at radius 3 is 2.95 bits per heavy atom. The van der Waals surface area contributed by atoms with Gasteiger partial charge < -0.3 is 9.64 Å². The molecule has 0 N–H and O–H groups in total. The molecule has 5 nitrogen and oxygen atoms in total. The summed E-state index contributed by atoms with van der Waals surface area (Å²) in [4.78, 5) is 14.3. The number of hydrogen-bond acceptors (Lipinski definition) is 4. The molecule has 1 aliphatic rings. The van der Waals surface area contributed by atoms with Crippen molar-refractivity contribution in [2.75, 3.05) is 13.1 Å². The number of amides is 1. The normalized spacial score (nSPS) is 19.1. The fraction of sp³-hybridized carbons (Fsp3) is 0.667. The van der Waals surface area contributed by atoms with Crippen molar-refractivity contribution < 1.29 is 9.53 Å². The minimum absolute atomic E-state index is 0.0266. The van der Waals surface area contributed by atoms with Crippen LogP contribution in [0.1, 0.15) is 39.5 Å². The number of rotatable bonds is 5.